The highest BCUT2D eigenvalue weighted by atomic mass is 35.5. The van der Waals surface area contributed by atoms with E-state index < -0.39 is 0 Å². The molecule has 1 aliphatic rings. The Morgan fingerprint density at radius 3 is 2.61 bits per heavy atom. The quantitative estimate of drug-likeness (QED) is 0.532. The normalized spacial score (nSPS) is 13.8. The van der Waals surface area contributed by atoms with Gasteiger partial charge in [0.05, 0.1) is 28.2 Å². The van der Waals surface area contributed by atoms with Crippen LogP contribution in [0.4, 0.5) is 17.2 Å². The fourth-order valence-electron chi connectivity index (χ4n) is 3.59. The van der Waals surface area contributed by atoms with Gasteiger partial charge in [0.25, 0.3) is 11.8 Å². The minimum absolute atomic E-state index is 0.276. The van der Waals surface area contributed by atoms with E-state index >= 15 is 0 Å². The van der Waals surface area contributed by atoms with Gasteiger partial charge in [0.1, 0.15) is 11.5 Å². The minimum Gasteiger partial charge on any atom is -0.369 e. The summed E-state index contributed by atoms with van der Waals surface area (Å²) >= 11 is 5.85. The molecule has 0 spiro atoms. The summed E-state index contributed by atoms with van der Waals surface area (Å²) in [6.07, 6.45) is 4.23. The van der Waals surface area contributed by atoms with Crippen molar-refractivity contribution in [3.05, 3.63) is 76.7 Å². The first kappa shape index (κ1) is 22.7. The Morgan fingerprint density at radius 2 is 1.85 bits per heavy atom. The fraction of sp³-hybridized carbons (Fsp3) is 0.250. The summed E-state index contributed by atoms with van der Waals surface area (Å²) in [4.78, 5) is 36.4. The van der Waals surface area contributed by atoms with E-state index in [4.69, 9.17) is 11.6 Å². The average molecular weight is 465 g/mol. The van der Waals surface area contributed by atoms with Crippen molar-refractivity contribution in [3.63, 3.8) is 0 Å². The number of aromatic nitrogens is 2. The SMILES string of the molecule is Cc1ccc(NC(=O)c2ccc(N3CCCNCC3)cn2)c(C(=O)Nc2ccc(Cl)cn2)c1. The maximum atomic E-state index is 12.9. The number of aryl methyl sites for hydroxylation is 1. The van der Waals surface area contributed by atoms with Crippen molar-refractivity contribution in [2.24, 2.45) is 0 Å². The van der Waals surface area contributed by atoms with Crippen LogP contribution in [0.3, 0.4) is 0 Å². The predicted molar refractivity (Wildman–Crippen MR) is 130 cm³/mol. The molecule has 0 unspecified atom stereocenters. The number of hydrogen-bond donors (Lipinski definition) is 3. The van der Waals surface area contributed by atoms with Crippen LogP contribution >= 0.6 is 11.6 Å². The van der Waals surface area contributed by atoms with Gasteiger partial charge in [0.15, 0.2) is 0 Å². The number of anilines is 3. The largest absolute Gasteiger partial charge is 0.369 e. The van der Waals surface area contributed by atoms with E-state index in [0.717, 1.165) is 43.9 Å². The summed E-state index contributed by atoms with van der Waals surface area (Å²) in [6, 6.07) is 12.1. The standard InChI is InChI=1S/C24H25ClN6O2/c1-16-3-6-20(19(13-16)23(32)30-22-8-4-17(25)14-28-22)29-24(33)21-7-5-18(15-27-21)31-11-2-9-26-10-12-31/h3-8,13-15,26H,2,9-12H2,1H3,(H,29,33)(H,28,30,32). The molecular formula is C24H25ClN6O2. The van der Waals surface area contributed by atoms with Crippen LogP contribution in [0.2, 0.25) is 5.02 Å². The number of benzene rings is 1. The number of carbonyl (C=O) groups is 2. The second-order valence-electron chi connectivity index (χ2n) is 7.81. The molecule has 0 bridgehead atoms. The second kappa shape index (κ2) is 10.4. The van der Waals surface area contributed by atoms with Crippen LogP contribution in [-0.2, 0) is 0 Å². The zero-order valence-corrected chi connectivity index (χ0v) is 19.0. The summed E-state index contributed by atoms with van der Waals surface area (Å²) < 4.78 is 0. The van der Waals surface area contributed by atoms with Crippen LogP contribution in [-0.4, -0.2) is 48.0 Å². The van der Waals surface area contributed by atoms with Crippen molar-refractivity contribution in [3.8, 4) is 0 Å². The highest BCUT2D eigenvalue weighted by Gasteiger charge is 2.17. The number of hydrogen-bond acceptors (Lipinski definition) is 6. The minimum atomic E-state index is -0.387. The van der Waals surface area contributed by atoms with E-state index in [1.54, 1.807) is 36.5 Å². The van der Waals surface area contributed by atoms with Gasteiger partial charge in [-0.25, -0.2) is 9.97 Å². The summed E-state index contributed by atoms with van der Waals surface area (Å²) in [5.74, 6) is -0.410. The maximum absolute atomic E-state index is 12.9. The lowest BCUT2D eigenvalue weighted by Gasteiger charge is -2.21. The molecule has 3 aromatic rings. The molecule has 1 aromatic carbocycles. The van der Waals surface area contributed by atoms with Crippen molar-refractivity contribution < 1.29 is 9.59 Å². The van der Waals surface area contributed by atoms with Gasteiger partial charge in [-0.05, 0) is 56.3 Å². The van der Waals surface area contributed by atoms with E-state index in [1.807, 2.05) is 19.1 Å². The third-order valence-corrected chi connectivity index (χ3v) is 5.55. The van der Waals surface area contributed by atoms with Crippen LogP contribution in [0.5, 0.6) is 0 Å². The molecule has 0 atom stereocenters. The Labute approximate surface area is 197 Å². The molecule has 170 valence electrons. The highest BCUT2D eigenvalue weighted by Crippen LogP contribution is 2.21. The van der Waals surface area contributed by atoms with E-state index in [1.165, 1.54) is 6.20 Å². The highest BCUT2D eigenvalue weighted by molar-refractivity contribution is 6.30. The molecule has 2 aromatic heterocycles. The topological polar surface area (TPSA) is 99.3 Å². The lowest BCUT2D eigenvalue weighted by Crippen LogP contribution is -2.28. The summed E-state index contributed by atoms with van der Waals surface area (Å²) in [7, 11) is 0. The smallest absolute Gasteiger partial charge is 0.274 e. The molecule has 2 amide bonds. The molecule has 3 N–H and O–H groups in total. The first-order valence-electron chi connectivity index (χ1n) is 10.8. The van der Waals surface area contributed by atoms with Crippen LogP contribution in [0.1, 0.15) is 32.8 Å². The van der Waals surface area contributed by atoms with Gasteiger partial charge in [-0.3, -0.25) is 9.59 Å². The van der Waals surface area contributed by atoms with Gasteiger partial charge in [-0.1, -0.05) is 23.2 Å². The molecule has 0 aliphatic carbocycles. The first-order chi connectivity index (χ1) is 16.0. The molecule has 9 heteroatoms. The number of nitrogens with one attached hydrogen (secondary N) is 3. The Balaban J connectivity index is 1.48. The van der Waals surface area contributed by atoms with Crippen molar-refractivity contribution >= 4 is 40.6 Å². The molecule has 1 aliphatic heterocycles. The summed E-state index contributed by atoms with van der Waals surface area (Å²) in [6.45, 7) is 5.65. The fourth-order valence-corrected chi connectivity index (χ4v) is 3.70. The number of amides is 2. The van der Waals surface area contributed by atoms with Gasteiger partial charge >= 0.3 is 0 Å². The van der Waals surface area contributed by atoms with Gasteiger partial charge in [-0.2, -0.15) is 0 Å². The molecular weight excluding hydrogens is 440 g/mol. The molecule has 0 radical (unpaired) electrons. The summed E-state index contributed by atoms with van der Waals surface area (Å²) in [5.41, 5.74) is 2.87. The predicted octanol–water partition coefficient (Wildman–Crippen LogP) is 3.74. The van der Waals surface area contributed by atoms with Gasteiger partial charge in [0, 0.05) is 25.8 Å². The van der Waals surface area contributed by atoms with E-state index in [-0.39, 0.29) is 17.5 Å². The van der Waals surface area contributed by atoms with Gasteiger partial charge in [-0.15, -0.1) is 0 Å². The lowest BCUT2D eigenvalue weighted by molar-refractivity contribution is 0.102. The van der Waals surface area contributed by atoms with Gasteiger partial charge < -0.3 is 20.9 Å². The molecule has 3 heterocycles. The van der Waals surface area contributed by atoms with Crippen molar-refractivity contribution in [1.29, 1.82) is 0 Å². The number of rotatable bonds is 5. The molecule has 33 heavy (non-hydrogen) atoms. The molecule has 1 saturated heterocycles. The van der Waals surface area contributed by atoms with Crippen molar-refractivity contribution in [1.82, 2.24) is 15.3 Å². The number of carbonyl (C=O) groups excluding carboxylic acids is 2. The number of nitrogens with zero attached hydrogens (tertiary/aromatic N) is 3. The first-order valence-corrected chi connectivity index (χ1v) is 11.1. The Hall–Kier alpha value is -3.49. The second-order valence-corrected chi connectivity index (χ2v) is 8.25. The Kier molecular flexibility index (Phi) is 7.16. The molecule has 0 saturated carbocycles. The van der Waals surface area contributed by atoms with E-state index in [2.05, 4.69) is 30.8 Å². The third kappa shape index (κ3) is 5.85. The monoisotopic (exact) mass is 464 g/mol. The maximum Gasteiger partial charge on any atom is 0.274 e. The van der Waals surface area contributed by atoms with E-state index in [0.29, 0.717) is 22.1 Å². The molecule has 8 nitrogen and oxygen atoms in total. The number of pyridine rings is 2. The van der Waals surface area contributed by atoms with Crippen molar-refractivity contribution in [2.45, 2.75) is 13.3 Å². The zero-order chi connectivity index (χ0) is 23.2. The van der Waals surface area contributed by atoms with E-state index in [9.17, 15) is 9.59 Å². The zero-order valence-electron chi connectivity index (χ0n) is 18.3. The van der Waals surface area contributed by atoms with Crippen LogP contribution in [0.15, 0.2) is 54.9 Å². The average Bonchev–Trinajstić information content (AvgIpc) is 3.11. The Morgan fingerprint density at radius 1 is 0.970 bits per heavy atom. The van der Waals surface area contributed by atoms with Crippen LogP contribution < -0.4 is 20.9 Å². The third-order valence-electron chi connectivity index (χ3n) is 5.32. The van der Waals surface area contributed by atoms with Crippen molar-refractivity contribution in [2.75, 3.05) is 41.7 Å². The van der Waals surface area contributed by atoms with Crippen LogP contribution in [0.25, 0.3) is 0 Å². The molecule has 1 fully saturated rings. The Bertz CT molecular complexity index is 1130. The lowest BCUT2D eigenvalue weighted by atomic mass is 10.1. The number of halogens is 1. The van der Waals surface area contributed by atoms with Crippen LogP contribution in [0, 0.1) is 6.92 Å². The summed E-state index contributed by atoms with van der Waals surface area (Å²) in [5, 5.41) is 9.39. The molecule has 4 rings (SSSR count). The van der Waals surface area contributed by atoms with Gasteiger partial charge in [0.2, 0.25) is 0 Å².